The lowest BCUT2D eigenvalue weighted by Gasteiger charge is -2.28. The van der Waals surface area contributed by atoms with Crippen LogP contribution in [0.2, 0.25) is 0 Å². The molecular formula is C36H43N7O6S. The van der Waals surface area contributed by atoms with Crippen molar-refractivity contribution in [2.24, 2.45) is 23.5 Å². The van der Waals surface area contributed by atoms with Gasteiger partial charge in [-0.05, 0) is 103 Å². The van der Waals surface area contributed by atoms with Gasteiger partial charge in [-0.15, -0.1) is 10.2 Å². The summed E-state index contributed by atoms with van der Waals surface area (Å²) in [6.07, 6.45) is 3.84. The number of morpholine rings is 1. The van der Waals surface area contributed by atoms with Gasteiger partial charge in [-0.1, -0.05) is 30.3 Å². The van der Waals surface area contributed by atoms with E-state index >= 15 is 0 Å². The maximum Gasteiger partial charge on any atom is 0.246 e. The zero-order valence-corrected chi connectivity index (χ0v) is 28.9. The van der Waals surface area contributed by atoms with Gasteiger partial charge in [0, 0.05) is 42.6 Å². The molecule has 14 heteroatoms. The number of hydrogen-bond acceptors (Lipinski definition) is 10. The topological polar surface area (TPSA) is 182 Å². The molecule has 4 N–H and O–H groups in total. The molecule has 2 aliphatic rings. The van der Waals surface area contributed by atoms with Crippen LogP contribution in [0.5, 0.6) is 5.75 Å². The van der Waals surface area contributed by atoms with E-state index in [4.69, 9.17) is 15.2 Å². The Morgan fingerprint density at radius 3 is 2.40 bits per heavy atom. The number of carbonyl (C=O) groups is 2. The molecule has 1 saturated carbocycles. The lowest BCUT2D eigenvalue weighted by atomic mass is 9.77. The van der Waals surface area contributed by atoms with Crippen LogP contribution in [0.3, 0.4) is 0 Å². The number of nitrogens with zero attached hydrogens (tertiary/aromatic N) is 4. The van der Waals surface area contributed by atoms with Crippen molar-refractivity contribution in [1.82, 2.24) is 24.9 Å². The number of ketones is 1. The number of ether oxygens (including phenoxy) is 2. The Balaban J connectivity index is 1.24. The van der Waals surface area contributed by atoms with E-state index in [-0.39, 0.29) is 47.8 Å². The van der Waals surface area contributed by atoms with Gasteiger partial charge in [0.25, 0.3) is 0 Å². The van der Waals surface area contributed by atoms with Gasteiger partial charge in [-0.3, -0.25) is 9.59 Å². The van der Waals surface area contributed by atoms with E-state index in [1.165, 1.54) is 11.4 Å². The lowest BCUT2D eigenvalue weighted by molar-refractivity contribution is -0.129. The quantitative estimate of drug-likeness (QED) is 0.184. The molecule has 1 atom stereocenters. The molecular weight excluding hydrogens is 659 g/mol. The Morgan fingerprint density at radius 1 is 1.00 bits per heavy atom. The van der Waals surface area contributed by atoms with E-state index in [0.717, 1.165) is 42.4 Å². The zero-order valence-electron chi connectivity index (χ0n) is 28.1. The summed E-state index contributed by atoms with van der Waals surface area (Å²) in [5.74, 6) is 0.275. The van der Waals surface area contributed by atoms with Crippen LogP contribution >= 0.6 is 0 Å². The number of sulfonamides is 1. The molecule has 2 fully saturated rings. The van der Waals surface area contributed by atoms with E-state index < -0.39 is 15.9 Å². The van der Waals surface area contributed by atoms with Crippen LogP contribution in [0.15, 0.2) is 71.6 Å². The number of tetrazole rings is 1. The summed E-state index contributed by atoms with van der Waals surface area (Å²) in [5, 5.41) is 17.0. The molecule has 1 saturated heterocycles. The fourth-order valence-electron chi connectivity index (χ4n) is 6.76. The standard InChI is InChI=1S/C36H43N7O6S/c1-48-33-14-11-29(22-34(33)50(46,47)43-15-17-49-18-16-43)28-4-2-3-25(19-28)20-30(21-32(44)26-7-5-24(23-37)6-8-26)36(45)38-31-12-9-27(10-13-31)35-39-41-42-40-35/h2-4,9-14,19,22,24,26,30H,5-8,15-18,20-21,23,37H2,1H3,(H,38,45)(H,39,40,41,42)/t24?,26?,30-/m1/s1. The van der Waals surface area contributed by atoms with Crippen molar-refractivity contribution >= 4 is 27.4 Å². The van der Waals surface area contributed by atoms with E-state index in [2.05, 4.69) is 25.9 Å². The van der Waals surface area contributed by atoms with Crippen LogP contribution in [-0.2, 0) is 30.8 Å². The van der Waals surface area contributed by atoms with Gasteiger partial charge in [0.1, 0.15) is 16.4 Å². The molecule has 1 amide bonds. The van der Waals surface area contributed by atoms with E-state index in [9.17, 15) is 18.0 Å². The maximum atomic E-state index is 13.9. The molecule has 1 aliphatic carbocycles. The minimum absolute atomic E-state index is 0.0835. The maximum absolute atomic E-state index is 13.9. The fourth-order valence-corrected chi connectivity index (χ4v) is 8.35. The van der Waals surface area contributed by atoms with E-state index in [1.54, 1.807) is 36.4 Å². The van der Waals surface area contributed by atoms with Gasteiger partial charge >= 0.3 is 0 Å². The second-order valence-electron chi connectivity index (χ2n) is 12.9. The highest BCUT2D eigenvalue weighted by Gasteiger charge is 2.31. The minimum Gasteiger partial charge on any atom is -0.495 e. The summed E-state index contributed by atoms with van der Waals surface area (Å²) in [4.78, 5) is 27.6. The molecule has 4 aromatic rings. The number of hydrogen-bond donors (Lipinski definition) is 3. The summed E-state index contributed by atoms with van der Waals surface area (Å²) in [7, 11) is -2.38. The Labute approximate surface area is 292 Å². The van der Waals surface area contributed by atoms with Crippen molar-refractivity contribution < 1.29 is 27.5 Å². The number of methoxy groups -OCH3 is 1. The van der Waals surface area contributed by atoms with Crippen molar-refractivity contribution in [3.63, 3.8) is 0 Å². The number of rotatable bonds is 13. The number of nitrogens with two attached hydrogens (primary N) is 1. The Morgan fingerprint density at radius 2 is 1.72 bits per heavy atom. The summed E-state index contributed by atoms with van der Waals surface area (Å²) in [6, 6.07) is 19.9. The van der Waals surface area contributed by atoms with Crippen molar-refractivity contribution in [2.75, 3.05) is 45.3 Å². The summed E-state index contributed by atoms with van der Waals surface area (Å²) in [6.45, 7) is 1.83. The first-order valence-corrected chi connectivity index (χ1v) is 18.4. The first-order chi connectivity index (χ1) is 24.2. The number of amides is 1. The van der Waals surface area contributed by atoms with E-state index in [1.807, 2.05) is 30.3 Å². The number of carbonyl (C=O) groups excluding carboxylic acids is 2. The second-order valence-corrected chi connectivity index (χ2v) is 14.8. The number of aromatic nitrogens is 4. The number of anilines is 1. The largest absolute Gasteiger partial charge is 0.495 e. The van der Waals surface area contributed by atoms with Gasteiger partial charge in [0.2, 0.25) is 21.8 Å². The second kappa shape index (κ2) is 16.0. The zero-order chi connectivity index (χ0) is 35.1. The Bertz CT molecular complexity index is 1870. The molecule has 6 rings (SSSR count). The number of Topliss-reactive ketones (excluding diaryl/α,β-unsaturated/α-hetero) is 1. The van der Waals surface area contributed by atoms with Gasteiger partial charge in [-0.25, -0.2) is 8.42 Å². The highest BCUT2D eigenvalue weighted by Crippen LogP contribution is 2.34. The fraction of sp³-hybridized carbons (Fsp3) is 0.417. The number of nitrogens with one attached hydrogen (secondary N) is 2. The molecule has 0 spiro atoms. The van der Waals surface area contributed by atoms with Crippen LogP contribution in [0.25, 0.3) is 22.5 Å². The van der Waals surface area contributed by atoms with Gasteiger partial charge in [0.05, 0.1) is 20.3 Å². The SMILES string of the molecule is COc1ccc(-c2cccc(C[C@H](CC(=O)C3CCC(CN)CC3)C(=O)Nc3ccc(-c4nn[nH]n4)cc3)c2)cc1S(=O)(=O)N1CCOCC1. The minimum atomic E-state index is -3.83. The van der Waals surface area contributed by atoms with Crippen molar-refractivity contribution in [2.45, 2.75) is 43.4 Å². The molecule has 0 unspecified atom stereocenters. The normalized spacial score (nSPS) is 19.1. The number of H-pyrrole nitrogens is 1. The van der Waals surface area contributed by atoms with Crippen LogP contribution in [0, 0.1) is 17.8 Å². The van der Waals surface area contributed by atoms with Crippen LogP contribution in [-0.4, -0.2) is 85.0 Å². The molecule has 1 aliphatic heterocycles. The Hall–Kier alpha value is -4.50. The molecule has 1 aromatic heterocycles. The smallest absolute Gasteiger partial charge is 0.246 e. The molecule has 264 valence electrons. The van der Waals surface area contributed by atoms with Crippen LogP contribution in [0.1, 0.15) is 37.7 Å². The molecule has 0 bridgehead atoms. The third-order valence-corrected chi connectivity index (χ3v) is 11.6. The summed E-state index contributed by atoms with van der Waals surface area (Å²) < 4.78 is 39.5. The number of benzene rings is 3. The summed E-state index contributed by atoms with van der Waals surface area (Å²) in [5.41, 5.74) is 9.54. The van der Waals surface area contributed by atoms with Crippen LogP contribution < -0.4 is 15.8 Å². The summed E-state index contributed by atoms with van der Waals surface area (Å²) >= 11 is 0. The van der Waals surface area contributed by atoms with E-state index in [0.29, 0.717) is 49.2 Å². The molecule has 50 heavy (non-hydrogen) atoms. The molecule has 3 aromatic carbocycles. The number of aromatic amines is 1. The van der Waals surface area contributed by atoms with Crippen molar-refractivity contribution in [1.29, 1.82) is 0 Å². The Kier molecular flexibility index (Phi) is 11.3. The monoisotopic (exact) mass is 701 g/mol. The lowest BCUT2D eigenvalue weighted by Crippen LogP contribution is -2.40. The molecule has 13 nitrogen and oxygen atoms in total. The average Bonchev–Trinajstić information content (AvgIpc) is 3.70. The van der Waals surface area contributed by atoms with Gasteiger partial charge in [-0.2, -0.15) is 9.52 Å². The first-order valence-electron chi connectivity index (χ1n) is 17.0. The predicted octanol–water partition coefficient (Wildman–Crippen LogP) is 4.08. The predicted molar refractivity (Wildman–Crippen MR) is 188 cm³/mol. The third-order valence-electron chi connectivity index (χ3n) is 9.70. The first kappa shape index (κ1) is 35.3. The van der Waals surface area contributed by atoms with Crippen molar-refractivity contribution in [3.05, 3.63) is 72.3 Å². The van der Waals surface area contributed by atoms with Gasteiger partial charge < -0.3 is 20.5 Å². The molecule has 0 radical (unpaired) electrons. The third kappa shape index (κ3) is 8.27. The van der Waals surface area contributed by atoms with Crippen LogP contribution in [0.4, 0.5) is 5.69 Å². The highest BCUT2D eigenvalue weighted by atomic mass is 32.2. The van der Waals surface area contributed by atoms with Crippen molar-refractivity contribution in [3.8, 4) is 28.3 Å². The highest BCUT2D eigenvalue weighted by molar-refractivity contribution is 7.89. The average molecular weight is 702 g/mol. The van der Waals surface area contributed by atoms with Gasteiger partial charge in [0.15, 0.2) is 0 Å². The molecule has 2 heterocycles.